The summed E-state index contributed by atoms with van der Waals surface area (Å²) in [6, 6.07) is 5.86. The van der Waals surface area contributed by atoms with Crippen molar-refractivity contribution >= 4 is 23.8 Å². The van der Waals surface area contributed by atoms with Crippen LogP contribution in [-0.4, -0.2) is 35.7 Å². The molecule has 110 valence electrons. The fourth-order valence-electron chi connectivity index (χ4n) is 2.00. The normalized spacial score (nSPS) is 15.0. The molecule has 0 bridgehead atoms. The molecule has 1 N–H and O–H groups in total. The van der Waals surface area contributed by atoms with Gasteiger partial charge in [-0.2, -0.15) is 0 Å². The number of halogens is 1. The minimum absolute atomic E-state index is 0.178. The first-order valence-electron chi connectivity index (χ1n) is 6.61. The Morgan fingerprint density at radius 1 is 1.29 bits per heavy atom. The number of rotatable bonds is 5. The minimum Gasteiger partial charge on any atom is -0.351 e. The fourth-order valence-corrected chi connectivity index (χ4v) is 2.00. The Hall–Kier alpha value is -2.50. The van der Waals surface area contributed by atoms with Crippen LogP contribution in [0.15, 0.2) is 30.3 Å². The highest BCUT2D eigenvalue weighted by atomic mass is 19.1. The maximum Gasteiger partial charge on any atom is 0.244 e. The molecule has 1 aliphatic rings. The molecule has 1 aliphatic heterocycles. The van der Waals surface area contributed by atoms with Gasteiger partial charge >= 0.3 is 0 Å². The van der Waals surface area contributed by atoms with Crippen molar-refractivity contribution in [3.8, 4) is 0 Å². The molecule has 0 saturated carbocycles. The largest absolute Gasteiger partial charge is 0.351 e. The number of hydrogen-bond donors (Lipinski definition) is 1. The lowest BCUT2D eigenvalue weighted by Crippen LogP contribution is -2.37. The molecule has 1 saturated heterocycles. The number of imide groups is 1. The van der Waals surface area contributed by atoms with E-state index in [1.54, 1.807) is 12.1 Å². The molecule has 2 rings (SSSR count). The maximum absolute atomic E-state index is 12.9. The number of carbonyl (C=O) groups is 3. The second-order valence-corrected chi connectivity index (χ2v) is 4.62. The van der Waals surface area contributed by atoms with Gasteiger partial charge in [-0.15, -0.1) is 0 Å². The number of likely N-dealkylation sites (tertiary alicyclic amines) is 1. The molecular weight excluding hydrogens is 275 g/mol. The Bertz CT molecular complexity index is 582. The van der Waals surface area contributed by atoms with Gasteiger partial charge in [-0.3, -0.25) is 19.3 Å². The summed E-state index contributed by atoms with van der Waals surface area (Å²) >= 11 is 0. The van der Waals surface area contributed by atoms with E-state index >= 15 is 0 Å². The molecular formula is C15H15FN2O3. The molecule has 1 heterocycles. The molecule has 0 atom stereocenters. The minimum atomic E-state index is -0.372. The van der Waals surface area contributed by atoms with Crippen molar-refractivity contribution in [3.63, 3.8) is 0 Å². The van der Waals surface area contributed by atoms with Crippen molar-refractivity contribution in [1.29, 1.82) is 0 Å². The first-order valence-corrected chi connectivity index (χ1v) is 6.61. The van der Waals surface area contributed by atoms with Crippen molar-refractivity contribution < 1.29 is 18.8 Å². The molecule has 3 amide bonds. The summed E-state index contributed by atoms with van der Waals surface area (Å²) in [7, 11) is 0. The number of amides is 3. The SMILES string of the molecule is O=C(/C=C\c1cccc(F)c1)NCCN1C(=O)CCC1=O. The molecule has 1 fully saturated rings. The monoisotopic (exact) mass is 290 g/mol. The van der Waals surface area contributed by atoms with E-state index in [0.29, 0.717) is 5.56 Å². The fraction of sp³-hybridized carbons (Fsp3) is 0.267. The van der Waals surface area contributed by atoms with Crippen LogP contribution >= 0.6 is 0 Å². The van der Waals surface area contributed by atoms with Crippen LogP contribution in [0.25, 0.3) is 6.08 Å². The number of hydrogen-bond acceptors (Lipinski definition) is 3. The zero-order chi connectivity index (χ0) is 15.2. The van der Waals surface area contributed by atoms with E-state index in [0.717, 1.165) is 4.90 Å². The van der Waals surface area contributed by atoms with Gasteiger partial charge in [0, 0.05) is 32.0 Å². The molecule has 0 aromatic heterocycles. The van der Waals surface area contributed by atoms with E-state index in [1.807, 2.05) is 0 Å². The van der Waals surface area contributed by atoms with Crippen LogP contribution in [0.4, 0.5) is 4.39 Å². The van der Waals surface area contributed by atoms with Gasteiger partial charge in [-0.05, 0) is 23.8 Å². The van der Waals surface area contributed by atoms with Gasteiger partial charge in [-0.25, -0.2) is 4.39 Å². The lowest BCUT2D eigenvalue weighted by atomic mass is 10.2. The van der Waals surface area contributed by atoms with E-state index in [-0.39, 0.29) is 49.5 Å². The summed E-state index contributed by atoms with van der Waals surface area (Å²) < 4.78 is 12.9. The smallest absolute Gasteiger partial charge is 0.244 e. The van der Waals surface area contributed by atoms with E-state index in [2.05, 4.69) is 5.32 Å². The molecule has 6 heteroatoms. The highest BCUT2D eigenvalue weighted by molar-refractivity contribution is 6.02. The Labute approximate surface area is 121 Å². The Balaban J connectivity index is 1.77. The first-order chi connectivity index (χ1) is 10.1. The quantitative estimate of drug-likeness (QED) is 0.652. The molecule has 5 nitrogen and oxygen atoms in total. The average molecular weight is 290 g/mol. The van der Waals surface area contributed by atoms with Gasteiger partial charge in [0.25, 0.3) is 0 Å². The van der Waals surface area contributed by atoms with Gasteiger partial charge in [0.05, 0.1) is 0 Å². The standard InChI is InChI=1S/C15H15FN2O3/c16-12-3-1-2-11(10-12)4-5-13(19)17-8-9-18-14(20)6-7-15(18)21/h1-5,10H,6-9H2,(H,17,19)/b5-4-. The lowest BCUT2D eigenvalue weighted by Gasteiger charge is -2.13. The summed E-state index contributed by atoms with van der Waals surface area (Å²) in [5, 5.41) is 2.57. The zero-order valence-electron chi connectivity index (χ0n) is 11.3. The van der Waals surface area contributed by atoms with Crippen LogP contribution < -0.4 is 5.32 Å². The lowest BCUT2D eigenvalue weighted by molar-refractivity contribution is -0.138. The second-order valence-electron chi connectivity index (χ2n) is 4.62. The molecule has 0 spiro atoms. The van der Waals surface area contributed by atoms with Crippen LogP contribution in [-0.2, 0) is 14.4 Å². The van der Waals surface area contributed by atoms with E-state index in [4.69, 9.17) is 0 Å². The molecule has 0 radical (unpaired) electrons. The molecule has 1 aromatic rings. The van der Waals surface area contributed by atoms with Gasteiger partial charge in [-0.1, -0.05) is 12.1 Å². The second kappa shape index (κ2) is 6.78. The summed E-state index contributed by atoms with van der Waals surface area (Å²) in [5.41, 5.74) is 0.579. The van der Waals surface area contributed by atoms with E-state index in [9.17, 15) is 18.8 Å². The molecule has 1 aromatic carbocycles. The third-order valence-corrected chi connectivity index (χ3v) is 3.07. The summed E-state index contributed by atoms with van der Waals surface area (Å²) in [4.78, 5) is 35.4. The first kappa shape index (κ1) is 14.9. The predicted molar refractivity (Wildman–Crippen MR) is 74.4 cm³/mol. The van der Waals surface area contributed by atoms with Gasteiger partial charge in [0.15, 0.2) is 0 Å². The predicted octanol–water partition coefficient (Wildman–Crippen LogP) is 1.10. The van der Waals surface area contributed by atoms with Gasteiger partial charge in [0.1, 0.15) is 5.82 Å². The number of carbonyl (C=O) groups excluding carboxylic acids is 3. The third-order valence-electron chi connectivity index (χ3n) is 3.07. The van der Waals surface area contributed by atoms with E-state index in [1.165, 1.54) is 24.3 Å². The molecule has 0 aliphatic carbocycles. The number of nitrogens with zero attached hydrogens (tertiary/aromatic N) is 1. The van der Waals surface area contributed by atoms with Crippen LogP contribution in [0.2, 0.25) is 0 Å². The number of benzene rings is 1. The van der Waals surface area contributed by atoms with Crippen molar-refractivity contribution in [1.82, 2.24) is 10.2 Å². The summed E-state index contributed by atoms with van der Waals surface area (Å²) in [6.07, 6.45) is 3.26. The Morgan fingerprint density at radius 3 is 2.67 bits per heavy atom. The van der Waals surface area contributed by atoms with Crippen LogP contribution in [0.3, 0.4) is 0 Å². The average Bonchev–Trinajstić information content (AvgIpc) is 2.77. The summed E-state index contributed by atoms with van der Waals surface area (Å²) in [6.45, 7) is 0.376. The highest BCUT2D eigenvalue weighted by Gasteiger charge is 2.27. The maximum atomic E-state index is 12.9. The topological polar surface area (TPSA) is 66.5 Å². The van der Waals surface area contributed by atoms with Crippen LogP contribution in [0, 0.1) is 5.82 Å². The highest BCUT2D eigenvalue weighted by Crippen LogP contribution is 2.10. The van der Waals surface area contributed by atoms with Crippen molar-refractivity contribution in [2.75, 3.05) is 13.1 Å². The van der Waals surface area contributed by atoms with Crippen molar-refractivity contribution in [2.24, 2.45) is 0 Å². The van der Waals surface area contributed by atoms with Crippen molar-refractivity contribution in [3.05, 3.63) is 41.7 Å². The molecule has 0 unspecified atom stereocenters. The Kier molecular flexibility index (Phi) is 4.81. The van der Waals surface area contributed by atoms with E-state index < -0.39 is 0 Å². The number of nitrogens with one attached hydrogen (secondary N) is 1. The van der Waals surface area contributed by atoms with Crippen molar-refractivity contribution in [2.45, 2.75) is 12.8 Å². The van der Waals surface area contributed by atoms with Gasteiger partial charge < -0.3 is 5.32 Å². The Morgan fingerprint density at radius 2 is 2.00 bits per heavy atom. The third kappa shape index (κ3) is 4.24. The van der Waals surface area contributed by atoms with Crippen LogP contribution in [0.5, 0.6) is 0 Å². The zero-order valence-corrected chi connectivity index (χ0v) is 11.3. The summed E-state index contributed by atoms with van der Waals surface area (Å²) in [5.74, 6) is -1.14. The van der Waals surface area contributed by atoms with Crippen LogP contribution in [0.1, 0.15) is 18.4 Å². The van der Waals surface area contributed by atoms with Gasteiger partial charge in [0.2, 0.25) is 17.7 Å². The molecule has 21 heavy (non-hydrogen) atoms.